The number of aromatic nitrogens is 5. The van der Waals surface area contributed by atoms with Crippen molar-refractivity contribution in [2.45, 2.75) is 38.8 Å². The fourth-order valence-electron chi connectivity index (χ4n) is 5.63. The lowest BCUT2D eigenvalue weighted by atomic mass is 10.0. The second kappa shape index (κ2) is 9.62. The summed E-state index contributed by atoms with van der Waals surface area (Å²) in [4.78, 5) is 32.1. The van der Waals surface area contributed by atoms with Crippen LogP contribution in [0.5, 0.6) is 0 Å². The molecule has 0 amide bonds. The van der Waals surface area contributed by atoms with Gasteiger partial charge >= 0.3 is 0 Å². The Balaban J connectivity index is 1.37. The predicted octanol–water partition coefficient (Wildman–Crippen LogP) is 3.12. The number of piperazine rings is 1. The number of hydrogen-bond acceptors (Lipinski definition) is 8. The van der Waals surface area contributed by atoms with Crippen LogP contribution in [0.4, 0.5) is 17.3 Å². The Labute approximate surface area is 227 Å². The molecule has 10 nitrogen and oxygen atoms in total. The van der Waals surface area contributed by atoms with E-state index in [4.69, 9.17) is 9.97 Å². The van der Waals surface area contributed by atoms with E-state index in [1.54, 1.807) is 28.6 Å². The minimum absolute atomic E-state index is 0.224. The summed E-state index contributed by atoms with van der Waals surface area (Å²) in [5, 5.41) is 14.6. The summed E-state index contributed by atoms with van der Waals surface area (Å²) in [5.74, 6) is 0.897. The molecule has 10 heteroatoms. The van der Waals surface area contributed by atoms with Gasteiger partial charge in [0.05, 0.1) is 12.2 Å². The van der Waals surface area contributed by atoms with Crippen molar-refractivity contribution in [1.82, 2.24) is 29.2 Å². The lowest BCUT2D eigenvalue weighted by Crippen LogP contribution is -2.44. The first kappa shape index (κ1) is 25.3. The topological polar surface area (TPSA) is 104 Å². The van der Waals surface area contributed by atoms with Gasteiger partial charge in [-0.05, 0) is 69.1 Å². The van der Waals surface area contributed by atoms with E-state index in [-0.39, 0.29) is 12.1 Å². The summed E-state index contributed by atoms with van der Waals surface area (Å²) >= 11 is 0. The predicted molar refractivity (Wildman–Crippen MR) is 153 cm³/mol. The minimum Gasteiger partial charge on any atom is -0.384 e. The zero-order valence-electron chi connectivity index (χ0n) is 22.7. The molecule has 2 aliphatic rings. The number of aryl methyl sites for hydroxylation is 2. The average molecular weight is 527 g/mol. The number of anilines is 3. The van der Waals surface area contributed by atoms with Crippen LogP contribution in [-0.2, 0) is 18.6 Å². The lowest BCUT2D eigenvalue weighted by molar-refractivity contribution is 0.0553. The SMILES string of the molecule is C=CCn1c(=O)c2cnc(Nc3ccc(N4CCN(C)CC4)c(C)c3)nc2n1-c1ccc2c(n1)C(C)(O)CC2. The Kier molecular flexibility index (Phi) is 6.23. The molecule has 0 radical (unpaired) electrons. The van der Waals surface area contributed by atoms with Gasteiger partial charge in [0.25, 0.3) is 5.56 Å². The molecule has 0 saturated carbocycles. The van der Waals surface area contributed by atoms with Crippen molar-refractivity contribution in [2.24, 2.45) is 0 Å². The van der Waals surface area contributed by atoms with E-state index < -0.39 is 5.60 Å². The monoisotopic (exact) mass is 526 g/mol. The number of nitrogens with zero attached hydrogens (tertiary/aromatic N) is 7. The van der Waals surface area contributed by atoms with E-state index in [1.807, 2.05) is 18.2 Å². The maximum Gasteiger partial charge on any atom is 0.278 e. The normalized spacial score (nSPS) is 19.4. The van der Waals surface area contributed by atoms with Crippen LogP contribution in [0.25, 0.3) is 16.9 Å². The molecule has 4 aromatic rings. The van der Waals surface area contributed by atoms with E-state index in [0.717, 1.165) is 43.9 Å². The summed E-state index contributed by atoms with van der Waals surface area (Å²) in [6, 6.07) is 10.1. The maximum atomic E-state index is 13.3. The Hall–Kier alpha value is -4.02. The molecule has 1 aromatic carbocycles. The number of allylic oxidation sites excluding steroid dienone is 1. The van der Waals surface area contributed by atoms with Crippen molar-refractivity contribution < 1.29 is 5.11 Å². The van der Waals surface area contributed by atoms with E-state index in [9.17, 15) is 9.90 Å². The van der Waals surface area contributed by atoms with Crippen LogP contribution in [0.15, 0.2) is 54.0 Å². The number of benzene rings is 1. The molecule has 202 valence electrons. The fraction of sp³-hybridized carbons (Fsp3) is 0.379. The third-order valence-corrected chi connectivity index (χ3v) is 7.85. The highest BCUT2D eigenvalue weighted by atomic mass is 16.3. The highest BCUT2D eigenvalue weighted by Gasteiger charge is 2.34. The van der Waals surface area contributed by atoms with Crippen molar-refractivity contribution >= 4 is 28.4 Å². The highest BCUT2D eigenvalue weighted by Crippen LogP contribution is 2.35. The molecule has 1 fully saturated rings. The van der Waals surface area contributed by atoms with E-state index in [2.05, 4.69) is 52.8 Å². The van der Waals surface area contributed by atoms with E-state index in [1.165, 1.54) is 11.3 Å². The second-order valence-corrected chi connectivity index (χ2v) is 10.8. The molecule has 1 unspecified atom stereocenters. The molecule has 0 spiro atoms. The molecule has 2 N–H and O–H groups in total. The standard InChI is InChI=1S/C29H34N8O2/c1-5-12-36-27(38)22-18-30-28(31-21-7-8-23(19(2)17-21)35-15-13-34(4)14-16-35)33-26(22)37(36)24-9-6-20-10-11-29(3,39)25(20)32-24/h5-9,17-18,39H,1,10-16H2,2-4H3,(H,30,31,33). The number of rotatable bonds is 6. The molecular formula is C29H34N8O2. The van der Waals surface area contributed by atoms with Gasteiger partial charge < -0.3 is 20.2 Å². The van der Waals surface area contributed by atoms with Crippen molar-refractivity contribution in [3.05, 3.63) is 76.4 Å². The fourth-order valence-corrected chi connectivity index (χ4v) is 5.63. The Morgan fingerprint density at radius 1 is 1.15 bits per heavy atom. The van der Waals surface area contributed by atoms with Gasteiger partial charge in [0.15, 0.2) is 11.5 Å². The number of aliphatic hydroxyl groups is 1. The van der Waals surface area contributed by atoms with Gasteiger partial charge in [-0.15, -0.1) is 6.58 Å². The van der Waals surface area contributed by atoms with Gasteiger partial charge in [0, 0.05) is 43.8 Å². The molecule has 1 atom stereocenters. The highest BCUT2D eigenvalue weighted by molar-refractivity contribution is 5.77. The number of nitrogens with one attached hydrogen (secondary N) is 1. The molecule has 6 rings (SSSR count). The Morgan fingerprint density at radius 2 is 1.95 bits per heavy atom. The quantitative estimate of drug-likeness (QED) is 0.370. The number of hydrogen-bond donors (Lipinski definition) is 2. The van der Waals surface area contributed by atoms with Crippen molar-refractivity contribution in [3.63, 3.8) is 0 Å². The van der Waals surface area contributed by atoms with Crippen molar-refractivity contribution in [2.75, 3.05) is 43.4 Å². The van der Waals surface area contributed by atoms with Crippen LogP contribution in [0.1, 0.15) is 30.2 Å². The van der Waals surface area contributed by atoms with E-state index >= 15 is 0 Å². The van der Waals surface area contributed by atoms with Gasteiger partial charge in [-0.25, -0.2) is 19.3 Å². The number of likely N-dealkylation sites (N-methyl/N-ethyl adjacent to an activating group) is 1. The molecule has 39 heavy (non-hydrogen) atoms. The van der Waals surface area contributed by atoms with Crippen molar-refractivity contribution in [1.29, 1.82) is 0 Å². The summed E-state index contributed by atoms with van der Waals surface area (Å²) in [5.41, 5.74) is 4.15. The summed E-state index contributed by atoms with van der Waals surface area (Å²) in [6.45, 7) is 12.1. The summed E-state index contributed by atoms with van der Waals surface area (Å²) in [7, 11) is 2.16. The minimum atomic E-state index is -1.01. The van der Waals surface area contributed by atoms with Crippen molar-refractivity contribution in [3.8, 4) is 5.82 Å². The first-order chi connectivity index (χ1) is 18.7. The van der Waals surface area contributed by atoms with Crippen LogP contribution in [0.2, 0.25) is 0 Å². The Bertz CT molecular complexity index is 1630. The molecule has 4 heterocycles. The second-order valence-electron chi connectivity index (χ2n) is 10.8. The third-order valence-electron chi connectivity index (χ3n) is 7.85. The van der Waals surface area contributed by atoms with Gasteiger partial charge in [-0.2, -0.15) is 4.98 Å². The third kappa shape index (κ3) is 4.49. The van der Waals surface area contributed by atoms with Crippen LogP contribution in [-0.4, -0.2) is 67.5 Å². The molecule has 0 bridgehead atoms. The summed E-state index contributed by atoms with van der Waals surface area (Å²) in [6.07, 6.45) is 4.61. The number of pyridine rings is 1. The van der Waals surface area contributed by atoms with Crippen LogP contribution < -0.4 is 15.8 Å². The molecule has 1 aliphatic carbocycles. The van der Waals surface area contributed by atoms with Crippen LogP contribution in [0, 0.1) is 6.92 Å². The molecule has 3 aromatic heterocycles. The largest absolute Gasteiger partial charge is 0.384 e. The summed E-state index contributed by atoms with van der Waals surface area (Å²) < 4.78 is 3.24. The van der Waals surface area contributed by atoms with Crippen LogP contribution >= 0.6 is 0 Å². The maximum absolute atomic E-state index is 13.3. The first-order valence-corrected chi connectivity index (χ1v) is 13.4. The van der Waals surface area contributed by atoms with Gasteiger partial charge in [0.2, 0.25) is 5.95 Å². The molecule has 1 aliphatic heterocycles. The first-order valence-electron chi connectivity index (χ1n) is 13.4. The smallest absolute Gasteiger partial charge is 0.278 e. The molecule has 1 saturated heterocycles. The zero-order chi connectivity index (χ0) is 27.3. The Morgan fingerprint density at radius 3 is 2.69 bits per heavy atom. The van der Waals surface area contributed by atoms with Gasteiger partial charge in [-0.3, -0.25) is 4.79 Å². The van der Waals surface area contributed by atoms with Crippen LogP contribution in [0.3, 0.4) is 0 Å². The average Bonchev–Trinajstić information content (AvgIpc) is 3.37. The van der Waals surface area contributed by atoms with E-state index in [0.29, 0.717) is 34.9 Å². The zero-order valence-corrected chi connectivity index (χ0v) is 22.7. The molecular weight excluding hydrogens is 492 g/mol. The van der Waals surface area contributed by atoms with Gasteiger partial charge in [0.1, 0.15) is 11.0 Å². The van der Waals surface area contributed by atoms with Gasteiger partial charge in [-0.1, -0.05) is 12.1 Å². The number of fused-ring (bicyclic) bond motifs is 2. The lowest BCUT2D eigenvalue weighted by Gasteiger charge is -2.35.